The summed E-state index contributed by atoms with van der Waals surface area (Å²) in [5, 5.41) is 10.7. The Kier molecular flexibility index (Phi) is 4.11. The SMILES string of the molecule is CN1CCN(Nc2nc(C(F)(F)F)ccc2C#N)CC1. The minimum Gasteiger partial charge on any atom is -0.304 e. The number of hydrazine groups is 1. The summed E-state index contributed by atoms with van der Waals surface area (Å²) in [6.07, 6.45) is -4.52. The number of hydrogen-bond acceptors (Lipinski definition) is 5. The van der Waals surface area contributed by atoms with Gasteiger partial charge >= 0.3 is 6.18 Å². The van der Waals surface area contributed by atoms with Crippen molar-refractivity contribution in [2.75, 3.05) is 38.7 Å². The molecule has 0 radical (unpaired) electrons. The number of likely N-dealkylation sites (N-methyl/N-ethyl adjacent to an activating group) is 1. The number of nitrogens with one attached hydrogen (secondary N) is 1. The van der Waals surface area contributed by atoms with Crippen LogP contribution in [0.15, 0.2) is 12.1 Å². The molecule has 1 aliphatic heterocycles. The van der Waals surface area contributed by atoms with Gasteiger partial charge in [-0.1, -0.05) is 0 Å². The number of anilines is 1. The van der Waals surface area contributed by atoms with Gasteiger partial charge in [-0.05, 0) is 19.2 Å². The topological polar surface area (TPSA) is 55.2 Å². The van der Waals surface area contributed by atoms with Gasteiger partial charge in [-0.15, -0.1) is 0 Å². The van der Waals surface area contributed by atoms with Gasteiger partial charge in [-0.2, -0.15) is 18.4 Å². The summed E-state index contributed by atoms with van der Waals surface area (Å²) in [6.45, 7) is 2.90. The predicted octanol–water partition coefficient (Wildman–Crippen LogP) is 1.55. The maximum Gasteiger partial charge on any atom is 0.433 e. The van der Waals surface area contributed by atoms with E-state index in [-0.39, 0.29) is 11.4 Å². The summed E-state index contributed by atoms with van der Waals surface area (Å²) in [7, 11) is 1.97. The van der Waals surface area contributed by atoms with Crippen molar-refractivity contribution in [2.24, 2.45) is 0 Å². The van der Waals surface area contributed by atoms with E-state index >= 15 is 0 Å². The predicted molar refractivity (Wildman–Crippen MR) is 66.6 cm³/mol. The number of pyridine rings is 1. The molecule has 1 N–H and O–H groups in total. The molecule has 2 rings (SSSR count). The summed E-state index contributed by atoms with van der Waals surface area (Å²) >= 11 is 0. The van der Waals surface area contributed by atoms with E-state index in [0.717, 1.165) is 25.2 Å². The molecule has 0 atom stereocenters. The number of halogens is 3. The first kappa shape index (κ1) is 14.6. The minimum atomic E-state index is -4.52. The Morgan fingerprint density at radius 3 is 2.45 bits per heavy atom. The summed E-state index contributed by atoms with van der Waals surface area (Å²) in [5.74, 6) is -0.0492. The Bertz CT molecular complexity index is 515. The fourth-order valence-corrected chi connectivity index (χ4v) is 1.86. The number of nitriles is 1. The Morgan fingerprint density at radius 2 is 1.90 bits per heavy atom. The fourth-order valence-electron chi connectivity index (χ4n) is 1.86. The molecule has 1 aliphatic rings. The van der Waals surface area contributed by atoms with Crippen LogP contribution in [0.4, 0.5) is 19.0 Å². The quantitative estimate of drug-likeness (QED) is 0.893. The zero-order valence-corrected chi connectivity index (χ0v) is 10.9. The summed E-state index contributed by atoms with van der Waals surface area (Å²) in [4.78, 5) is 5.63. The molecule has 1 aromatic heterocycles. The van der Waals surface area contributed by atoms with Crippen LogP contribution in [0, 0.1) is 11.3 Å². The van der Waals surface area contributed by atoms with Crippen molar-refractivity contribution in [1.82, 2.24) is 14.9 Å². The number of hydrogen-bond donors (Lipinski definition) is 1. The minimum absolute atomic E-state index is 0.0492. The average Bonchev–Trinajstić information content (AvgIpc) is 2.40. The monoisotopic (exact) mass is 285 g/mol. The first-order valence-corrected chi connectivity index (χ1v) is 6.08. The third-order valence-electron chi connectivity index (χ3n) is 3.07. The van der Waals surface area contributed by atoms with Crippen LogP contribution in [0.5, 0.6) is 0 Å². The lowest BCUT2D eigenvalue weighted by Crippen LogP contribution is -2.47. The van der Waals surface area contributed by atoms with Gasteiger partial charge in [0.15, 0.2) is 5.82 Å². The van der Waals surface area contributed by atoms with Crippen LogP contribution in [-0.4, -0.2) is 48.1 Å². The summed E-state index contributed by atoms with van der Waals surface area (Å²) < 4.78 is 37.9. The molecule has 1 saturated heterocycles. The average molecular weight is 285 g/mol. The van der Waals surface area contributed by atoms with Crippen molar-refractivity contribution in [3.8, 4) is 6.07 Å². The molecule has 0 bridgehead atoms. The van der Waals surface area contributed by atoms with E-state index in [4.69, 9.17) is 5.26 Å². The van der Waals surface area contributed by atoms with Crippen molar-refractivity contribution >= 4 is 5.82 Å². The standard InChI is InChI=1S/C12H14F3N5/c1-19-4-6-20(7-5-19)18-11-9(8-16)2-3-10(17-11)12(13,14)15/h2-3H,4-7H2,1H3,(H,17,18). The second kappa shape index (κ2) is 5.64. The second-order valence-electron chi connectivity index (χ2n) is 4.60. The second-order valence-corrected chi connectivity index (χ2v) is 4.60. The molecular weight excluding hydrogens is 271 g/mol. The van der Waals surface area contributed by atoms with E-state index in [1.165, 1.54) is 0 Å². The van der Waals surface area contributed by atoms with Crippen LogP contribution in [0.2, 0.25) is 0 Å². The highest BCUT2D eigenvalue weighted by Crippen LogP contribution is 2.29. The van der Waals surface area contributed by atoms with Crippen molar-refractivity contribution in [1.29, 1.82) is 5.26 Å². The number of aromatic nitrogens is 1. The van der Waals surface area contributed by atoms with Crippen molar-refractivity contribution < 1.29 is 13.2 Å². The molecule has 0 aromatic carbocycles. The van der Waals surface area contributed by atoms with Crippen LogP contribution >= 0.6 is 0 Å². The van der Waals surface area contributed by atoms with E-state index in [0.29, 0.717) is 13.1 Å². The smallest absolute Gasteiger partial charge is 0.304 e. The molecular formula is C12H14F3N5. The maximum absolute atomic E-state index is 12.6. The lowest BCUT2D eigenvalue weighted by molar-refractivity contribution is -0.141. The highest BCUT2D eigenvalue weighted by atomic mass is 19.4. The molecule has 108 valence electrons. The van der Waals surface area contributed by atoms with Gasteiger partial charge in [0, 0.05) is 26.2 Å². The van der Waals surface area contributed by atoms with Gasteiger partial charge in [-0.3, -0.25) is 0 Å². The third kappa shape index (κ3) is 3.37. The molecule has 5 nitrogen and oxygen atoms in total. The highest BCUT2D eigenvalue weighted by molar-refractivity contribution is 5.52. The van der Waals surface area contributed by atoms with E-state index in [1.807, 2.05) is 13.1 Å². The molecule has 0 aliphatic carbocycles. The first-order valence-electron chi connectivity index (χ1n) is 6.08. The molecule has 0 amide bonds. The Labute approximate surface area is 114 Å². The molecule has 1 aromatic rings. The van der Waals surface area contributed by atoms with Crippen molar-refractivity contribution in [3.63, 3.8) is 0 Å². The molecule has 1 fully saturated rings. The summed E-state index contributed by atoms with van der Waals surface area (Å²) in [6, 6.07) is 3.79. The van der Waals surface area contributed by atoms with Gasteiger partial charge in [0.25, 0.3) is 0 Å². The normalized spacial score (nSPS) is 17.8. The van der Waals surface area contributed by atoms with E-state index in [1.54, 1.807) is 5.01 Å². The van der Waals surface area contributed by atoms with Gasteiger partial charge in [0.05, 0.1) is 5.56 Å². The highest BCUT2D eigenvalue weighted by Gasteiger charge is 2.33. The van der Waals surface area contributed by atoms with Crippen LogP contribution < -0.4 is 5.43 Å². The maximum atomic E-state index is 12.6. The van der Waals surface area contributed by atoms with Crippen molar-refractivity contribution in [3.05, 3.63) is 23.4 Å². The Morgan fingerprint density at radius 1 is 1.25 bits per heavy atom. The Hall–Kier alpha value is -1.85. The summed E-state index contributed by atoms with van der Waals surface area (Å²) in [5.41, 5.74) is 1.89. The zero-order valence-electron chi connectivity index (χ0n) is 10.9. The van der Waals surface area contributed by atoms with Crippen LogP contribution in [0.1, 0.15) is 11.3 Å². The van der Waals surface area contributed by atoms with E-state index in [2.05, 4.69) is 15.3 Å². The number of piperazine rings is 1. The number of alkyl halides is 3. The zero-order chi connectivity index (χ0) is 14.8. The molecule has 0 spiro atoms. The Balaban J connectivity index is 2.19. The van der Waals surface area contributed by atoms with Gasteiger partial charge in [0.2, 0.25) is 0 Å². The number of rotatable bonds is 2. The lowest BCUT2D eigenvalue weighted by Gasteiger charge is -2.32. The van der Waals surface area contributed by atoms with Crippen LogP contribution in [0.3, 0.4) is 0 Å². The molecule has 2 heterocycles. The molecule has 20 heavy (non-hydrogen) atoms. The third-order valence-corrected chi connectivity index (χ3v) is 3.07. The van der Waals surface area contributed by atoms with Gasteiger partial charge < -0.3 is 10.3 Å². The van der Waals surface area contributed by atoms with Crippen LogP contribution in [0.25, 0.3) is 0 Å². The van der Waals surface area contributed by atoms with Crippen LogP contribution in [-0.2, 0) is 6.18 Å². The lowest BCUT2D eigenvalue weighted by atomic mass is 10.2. The largest absolute Gasteiger partial charge is 0.433 e. The van der Waals surface area contributed by atoms with E-state index in [9.17, 15) is 13.2 Å². The van der Waals surface area contributed by atoms with Gasteiger partial charge in [0.1, 0.15) is 11.8 Å². The van der Waals surface area contributed by atoms with Crippen molar-refractivity contribution in [2.45, 2.75) is 6.18 Å². The fraction of sp³-hybridized carbons (Fsp3) is 0.500. The van der Waals surface area contributed by atoms with E-state index < -0.39 is 11.9 Å². The molecule has 8 heteroatoms. The molecule has 0 unspecified atom stereocenters. The molecule has 0 saturated carbocycles. The first-order chi connectivity index (χ1) is 9.40. The number of nitrogens with zero attached hydrogens (tertiary/aromatic N) is 4. The van der Waals surface area contributed by atoms with Gasteiger partial charge in [-0.25, -0.2) is 9.99 Å².